The smallest absolute Gasteiger partial charge is 0.247 e. The highest BCUT2D eigenvalue weighted by atomic mass is 35.5. The number of benzene rings is 2. The lowest BCUT2D eigenvalue weighted by molar-refractivity contribution is -0.116. The van der Waals surface area contributed by atoms with Gasteiger partial charge in [0.2, 0.25) is 15.9 Å². The van der Waals surface area contributed by atoms with E-state index in [9.17, 15) is 18.0 Å². The van der Waals surface area contributed by atoms with Gasteiger partial charge in [0.05, 0.1) is 11.9 Å². The van der Waals surface area contributed by atoms with Crippen molar-refractivity contribution >= 4 is 44.7 Å². The van der Waals surface area contributed by atoms with Gasteiger partial charge in [0, 0.05) is 16.3 Å². The highest BCUT2D eigenvalue weighted by molar-refractivity contribution is 7.92. The third-order valence-corrected chi connectivity index (χ3v) is 5.50. The first-order valence-corrected chi connectivity index (χ1v) is 10.4. The fourth-order valence-electron chi connectivity index (χ4n) is 2.66. The molecule has 0 heterocycles. The number of amides is 1. The van der Waals surface area contributed by atoms with Crippen molar-refractivity contribution in [3.05, 3.63) is 58.6 Å². The number of carbonyl (C=O) groups excluding carboxylic acids is 2. The Labute approximate surface area is 164 Å². The van der Waals surface area contributed by atoms with Crippen molar-refractivity contribution in [3.8, 4) is 0 Å². The highest BCUT2D eigenvalue weighted by Gasteiger charge is 2.30. The number of nitrogens with zero attached hydrogens (tertiary/aromatic N) is 1. The van der Waals surface area contributed by atoms with Gasteiger partial charge in [-0.25, -0.2) is 8.42 Å². The van der Waals surface area contributed by atoms with Gasteiger partial charge in [0.1, 0.15) is 6.04 Å². The molecule has 27 heavy (non-hydrogen) atoms. The number of ketones is 1. The van der Waals surface area contributed by atoms with Crippen LogP contribution in [0.1, 0.15) is 29.8 Å². The zero-order chi connectivity index (χ0) is 20.4. The average molecular weight is 409 g/mol. The Balaban J connectivity index is 2.37. The number of aryl methyl sites for hydroxylation is 1. The number of carbonyl (C=O) groups is 2. The predicted molar refractivity (Wildman–Crippen MR) is 108 cm³/mol. The van der Waals surface area contributed by atoms with Crippen molar-refractivity contribution in [3.63, 3.8) is 0 Å². The van der Waals surface area contributed by atoms with Gasteiger partial charge < -0.3 is 5.32 Å². The molecule has 0 saturated carbocycles. The molecule has 0 aromatic heterocycles. The molecule has 2 aromatic carbocycles. The topological polar surface area (TPSA) is 83.6 Å². The summed E-state index contributed by atoms with van der Waals surface area (Å²) in [4.78, 5) is 24.2. The first-order valence-electron chi connectivity index (χ1n) is 8.18. The molecule has 0 radical (unpaired) electrons. The molecule has 1 N–H and O–H groups in total. The SMILES string of the molecule is CC(=O)c1cccc(NC(=O)[C@@H](C)N(c2cc(Cl)ccc2C)S(C)(=O)=O)c1. The molecular formula is C19H21ClN2O4S. The molecule has 0 saturated heterocycles. The standard InChI is InChI=1S/C19H21ClN2O4S/c1-12-8-9-16(20)11-18(12)22(27(4,25)26)13(2)19(24)21-17-7-5-6-15(10-17)14(3)23/h5-11,13H,1-4H3,(H,21,24)/t13-/m1/s1. The summed E-state index contributed by atoms with van der Waals surface area (Å²) >= 11 is 6.02. The van der Waals surface area contributed by atoms with E-state index in [2.05, 4.69) is 5.32 Å². The highest BCUT2D eigenvalue weighted by Crippen LogP contribution is 2.28. The normalized spacial score (nSPS) is 12.3. The minimum absolute atomic E-state index is 0.133. The third-order valence-electron chi connectivity index (χ3n) is 4.03. The first kappa shape index (κ1) is 20.9. The van der Waals surface area contributed by atoms with E-state index in [1.807, 2.05) is 0 Å². The van der Waals surface area contributed by atoms with Crippen molar-refractivity contribution in [2.24, 2.45) is 0 Å². The summed E-state index contributed by atoms with van der Waals surface area (Å²) in [5.74, 6) is -0.660. The molecule has 0 bridgehead atoms. The summed E-state index contributed by atoms with van der Waals surface area (Å²) in [7, 11) is -3.76. The third kappa shape index (κ3) is 5.08. The van der Waals surface area contributed by atoms with Crippen LogP contribution in [0.2, 0.25) is 5.02 Å². The lowest BCUT2D eigenvalue weighted by Gasteiger charge is -2.29. The van der Waals surface area contributed by atoms with E-state index >= 15 is 0 Å². The molecule has 0 unspecified atom stereocenters. The first-order chi connectivity index (χ1) is 12.5. The maximum atomic E-state index is 12.7. The second-order valence-corrected chi connectivity index (χ2v) is 8.59. The van der Waals surface area contributed by atoms with E-state index in [1.165, 1.54) is 19.9 Å². The zero-order valence-electron chi connectivity index (χ0n) is 15.5. The van der Waals surface area contributed by atoms with Crippen molar-refractivity contribution in [2.75, 3.05) is 15.9 Å². The fourth-order valence-corrected chi connectivity index (χ4v) is 4.05. The number of halogens is 1. The molecule has 2 aromatic rings. The molecule has 0 fully saturated rings. The quantitative estimate of drug-likeness (QED) is 0.739. The van der Waals surface area contributed by atoms with Crippen LogP contribution in [0, 0.1) is 6.92 Å². The summed E-state index contributed by atoms with van der Waals surface area (Å²) < 4.78 is 25.8. The molecule has 0 aliphatic rings. The lowest BCUT2D eigenvalue weighted by Crippen LogP contribution is -2.45. The van der Waals surface area contributed by atoms with Gasteiger partial charge in [-0.15, -0.1) is 0 Å². The maximum Gasteiger partial charge on any atom is 0.247 e. The molecule has 6 nitrogen and oxygen atoms in total. The monoisotopic (exact) mass is 408 g/mol. The summed E-state index contributed by atoms with van der Waals surface area (Å²) in [6.45, 7) is 4.66. The van der Waals surface area contributed by atoms with Gasteiger partial charge in [0.25, 0.3) is 0 Å². The second kappa shape index (κ2) is 8.10. The second-order valence-electron chi connectivity index (χ2n) is 6.29. The number of hydrogen-bond donors (Lipinski definition) is 1. The minimum Gasteiger partial charge on any atom is -0.324 e. The van der Waals surface area contributed by atoms with Crippen LogP contribution in [0.15, 0.2) is 42.5 Å². The van der Waals surface area contributed by atoms with Gasteiger partial charge in [-0.05, 0) is 50.6 Å². The lowest BCUT2D eigenvalue weighted by atomic mass is 10.1. The van der Waals surface area contributed by atoms with Crippen LogP contribution in [0.3, 0.4) is 0 Å². The number of Topliss-reactive ketones (excluding diaryl/α,β-unsaturated/α-hetero) is 1. The predicted octanol–water partition coefficient (Wildman–Crippen LogP) is 3.64. The number of hydrogen-bond acceptors (Lipinski definition) is 4. The van der Waals surface area contributed by atoms with Crippen molar-refractivity contribution in [1.82, 2.24) is 0 Å². The number of sulfonamides is 1. The van der Waals surface area contributed by atoms with Crippen LogP contribution in [0.4, 0.5) is 11.4 Å². The van der Waals surface area contributed by atoms with Gasteiger partial charge in [0.15, 0.2) is 5.78 Å². The van der Waals surface area contributed by atoms with E-state index in [-0.39, 0.29) is 5.78 Å². The molecule has 0 spiro atoms. The van der Waals surface area contributed by atoms with Crippen LogP contribution >= 0.6 is 11.6 Å². The Morgan fingerprint density at radius 3 is 2.41 bits per heavy atom. The fraction of sp³-hybridized carbons (Fsp3) is 0.263. The molecule has 0 aliphatic heterocycles. The van der Waals surface area contributed by atoms with Gasteiger partial charge in [-0.1, -0.05) is 29.8 Å². The number of anilines is 2. The Morgan fingerprint density at radius 2 is 1.81 bits per heavy atom. The van der Waals surface area contributed by atoms with Gasteiger partial charge in [-0.3, -0.25) is 13.9 Å². The van der Waals surface area contributed by atoms with Crippen LogP contribution in [0.5, 0.6) is 0 Å². The Kier molecular flexibility index (Phi) is 6.28. The Hall–Kier alpha value is -2.38. The Bertz CT molecular complexity index is 989. The average Bonchev–Trinajstić information content (AvgIpc) is 2.57. The van der Waals surface area contributed by atoms with E-state index in [0.29, 0.717) is 27.5 Å². The molecule has 144 valence electrons. The zero-order valence-corrected chi connectivity index (χ0v) is 17.1. The van der Waals surface area contributed by atoms with Crippen molar-refractivity contribution in [2.45, 2.75) is 26.8 Å². The van der Waals surface area contributed by atoms with E-state index in [4.69, 9.17) is 11.6 Å². The van der Waals surface area contributed by atoms with Gasteiger partial charge >= 0.3 is 0 Å². The largest absolute Gasteiger partial charge is 0.324 e. The van der Waals surface area contributed by atoms with E-state index in [1.54, 1.807) is 43.3 Å². The van der Waals surface area contributed by atoms with E-state index < -0.39 is 22.0 Å². The van der Waals surface area contributed by atoms with Crippen LogP contribution < -0.4 is 9.62 Å². The number of nitrogens with one attached hydrogen (secondary N) is 1. The molecule has 1 amide bonds. The summed E-state index contributed by atoms with van der Waals surface area (Å²) in [6, 6.07) is 10.3. The number of rotatable bonds is 6. The van der Waals surface area contributed by atoms with Crippen molar-refractivity contribution in [1.29, 1.82) is 0 Å². The van der Waals surface area contributed by atoms with Gasteiger partial charge in [-0.2, -0.15) is 0 Å². The maximum absolute atomic E-state index is 12.7. The van der Waals surface area contributed by atoms with E-state index in [0.717, 1.165) is 10.6 Å². The molecule has 0 aliphatic carbocycles. The van der Waals surface area contributed by atoms with Crippen LogP contribution in [-0.4, -0.2) is 32.4 Å². The van der Waals surface area contributed by atoms with Crippen molar-refractivity contribution < 1.29 is 18.0 Å². The van der Waals surface area contributed by atoms with Crippen LogP contribution in [0.25, 0.3) is 0 Å². The summed E-state index contributed by atoms with van der Waals surface area (Å²) in [5.41, 5.74) is 1.87. The Morgan fingerprint density at radius 1 is 1.15 bits per heavy atom. The summed E-state index contributed by atoms with van der Waals surface area (Å²) in [5, 5.41) is 3.03. The summed E-state index contributed by atoms with van der Waals surface area (Å²) in [6.07, 6.45) is 1.04. The molecule has 1 atom stereocenters. The molecule has 8 heteroatoms. The van der Waals surface area contributed by atoms with Crippen LogP contribution in [-0.2, 0) is 14.8 Å². The molecular weight excluding hydrogens is 388 g/mol. The minimum atomic E-state index is -3.76. The molecule has 2 rings (SSSR count).